The molecular weight excluding hydrogens is 434 g/mol. The maximum absolute atomic E-state index is 5.68. The first-order chi connectivity index (χ1) is 13.6. The number of hydrogen-bond donors (Lipinski definition) is 0. The highest BCUT2D eigenvalue weighted by Gasteiger charge is 2.55. The van der Waals surface area contributed by atoms with Crippen LogP contribution in [-0.4, -0.2) is 42.1 Å². The smallest absolute Gasteiger partial charge is 0.193 e. The van der Waals surface area contributed by atoms with Crippen molar-refractivity contribution >= 4 is 38.9 Å². The van der Waals surface area contributed by atoms with Gasteiger partial charge in [-0.15, -0.1) is 11.8 Å². The molecule has 0 radical (unpaired) electrons. The van der Waals surface area contributed by atoms with Gasteiger partial charge < -0.3 is 4.74 Å². The van der Waals surface area contributed by atoms with Crippen LogP contribution in [-0.2, 0) is 0 Å². The summed E-state index contributed by atoms with van der Waals surface area (Å²) < 4.78 is 9.88. The molecule has 0 saturated heterocycles. The minimum Gasteiger partial charge on any atom is -0.496 e. The number of thioether (sulfide) groups is 1. The zero-order chi connectivity index (χ0) is 19.5. The minimum absolute atomic E-state index is 0.747. The molecule has 6 heteroatoms. The van der Waals surface area contributed by atoms with E-state index in [-0.39, 0.29) is 0 Å². The summed E-state index contributed by atoms with van der Waals surface area (Å²) in [6.07, 6.45) is 7.48. The summed E-state index contributed by atoms with van der Waals surface area (Å²) in [6.45, 7) is 0. The number of fused-ring (bicyclic) bond motifs is 1. The Balaban J connectivity index is 1.76. The Morgan fingerprint density at radius 1 is 1.14 bits per heavy atom. The molecule has 3 aromatic rings. The molecule has 4 nitrogen and oxygen atoms in total. The van der Waals surface area contributed by atoms with E-state index in [1.54, 1.807) is 18.9 Å². The normalized spacial score (nSPS) is 17.3. The van der Waals surface area contributed by atoms with Gasteiger partial charge in [0.1, 0.15) is 11.3 Å². The molecule has 0 amide bonds. The molecule has 0 unspecified atom stereocenters. The lowest BCUT2D eigenvalue weighted by Gasteiger charge is -2.34. The van der Waals surface area contributed by atoms with Crippen molar-refractivity contribution in [1.29, 1.82) is 0 Å². The van der Waals surface area contributed by atoms with Crippen molar-refractivity contribution in [3.8, 4) is 17.0 Å². The first-order valence-corrected chi connectivity index (χ1v) is 11.9. The van der Waals surface area contributed by atoms with Crippen molar-refractivity contribution in [2.45, 2.75) is 42.8 Å². The highest BCUT2D eigenvalue weighted by molar-refractivity contribution is 9.10. The molecule has 0 atom stereocenters. The second kappa shape index (κ2) is 6.78. The van der Waals surface area contributed by atoms with Crippen LogP contribution < -0.4 is 9.22 Å². The van der Waals surface area contributed by atoms with Crippen molar-refractivity contribution in [3.05, 3.63) is 40.9 Å². The van der Waals surface area contributed by atoms with Crippen LogP contribution in [0.2, 0.25) is 0 Å². The van der Waals surface area contributed by atoms with E-state index in [9.17, 15) is 0 Å². The van der Waals surface area contributed by atoms with Crippen LogP contribution >= 0.6 is 27.7 Å². The van der Waals surface area contributed by atoms with Gasteiger partial charge in [-0.05, 0) is 36.6 Å². The lowest BCUT2D eigenvalue weighted by Crippen LogP contribution is -2.49. The van der Waals surface area contributed by atoms with Gasteiger partial charge in [0, 0.05) is 35.7 Å². The quantitative estimate of drug-likeness (QED) is 0.347. The minimum atomic E-state index is 0.747. The first-order valence-electron chi connectivity index (χ1n) is 9.84. The van der Waals surface area contributed by atoms with Gasteiger partial charge in [-0.3, -0.25) is 4.48 Å². The van der Waals surface area contributed by atoms with Gasteiger partial charge >= 0.3 is 0 Å². The molecule has 2 aliphatic rings. The van der Waals surface area contributed by atoms with Gasteiger partial charge in [0.05, 0.1) is 31.9 Å². The van der Waals surface area contributed by atoms with E-state index in [0.717, 1.165) is 43.1 Å². The van der Waals surface area contributed by atoms with E-state index in [2.05, 4.69) is 64.1 Å². The molecule has 2 aliphatic carbocycles. The number of benzene rings is 1. The van der Waals surface area contributed by atoms with E-state index in [0.29, 0.717) is 0 Å². The molecule has 0 aliphatic heterocycles. The fourth-order valence-electron chi connectivity index (χ4n) is 4.59. The van der Waals surface area contributed by atoms with E-state index < -0.39 is 0 Å². The van der Waals surface area contributed by atoms with Crippen LogP contribution in [0.4, 0.5) is 5.69 Å². The van der Waals surface area contributed by atoms with E-state index >= 15 is 0 Å². The van der Waals surface area contributed by atoms with Crippen molar-refractivity contribution in [2.24, 2.45) is 0 Å². The number of halogens is 1. The molecule has 0 bridgehead atoms. The van der Waals surface area contributed by atoms with Crippen molar-refractivity contribution in [1.82, 2.24) is 14.1 Å². The molecule has 28 heavy (non-hydrogen) atoms. The second-order valence-corrected chi connectivity index (χ2v) is 9.73. The number of pyridine rings is 1. The summed E-state index contributed by atoms with van der Waals surface area (Å²) in [4.78, 5) is 0. The van der Waals surface area contributed by atoms with Crippen LogP contribution in [0.15, 0.2) is 45.9 Å². The van der Waals surface area contributed by atoms with Gasteiger partial charge in [-0.1, -0.05) is 22.0 Å². The number of quaternary nitrogens is 1. The third kappa shape index (κ3) is 2.80. The Morgan fingerprint density at radius 3 is 2.46 bits per heavy atom. The van der Waals surface area contributed by atoms with Crippen molar-refractivity contribution in [2.75, 3.05) is 20.4 Å². The Bertz CT molecular complexity index is 1040. The van der Waals surface area contributed by atoms with Crippen molar-refractivity contribution < 1.29 is 4.74 Å². The predicted octanol–water partition coefficient (Wildman–Crippen LogP) is 5.76. The Hall–Kier alpha value is -1.50. The monoisotopic (exact) mass is 458 g/mol. The van der Waals surface area contributed by atoms with Crippen LogP contribution in [0.5, 0.6) is 5.75 Å². The average Bonchev–Trinajstić information content (AvgIpc) is 3.61. The molecule has 2 fully saturated rings. The zero-order valence-electron chi connectivity index (χ0n) is 16.5. The van der Waals surface area contributed by atoms with E-state index in [1.165, 1.54) is 36.9 Å². The lowest BCUT2D eigenvalue weighted by atomic mass is 10.1. The SMILES string of the molecule is COc1cc(Br)ccc1-c1cccc2c([N+](C)(C3CC3)C3CC3)c(SC)nn12. The molecule has 2 aromatic heterocycles. The van der Waals surface area contributed by atoms with E-state index in [1.807, 2.05) is 6.07 Å². The highest BCUT2D eigenvalue weighted by Crippen LogP contribution is 2.51. The van der Waals surface area contributed by atoms with Gasteiger partial charge in [0.25, 0.3) is 0 Å². The Labute approximate surface area is 178 Å². The first kappa shape index (κ1) is 18.5. The average molecular weight is 459 g/mol. The van der Waals surface area contributed by atoms with E-state index in [4.69, 9.17) is 9.84 Å². The topological polar surface area (TPSA) is 26.5 Å². The third-order valence-corrected chi connectivity index (χ3v) is 7.48. The lowest BCUT2D eigenvalue weighted by molar-refractivity contribution is 0.306. The molecule has 1 aromatic carbocycles. The summed E-state index contributed by atoms with van der Waals surface area (Å²) in [6, 6.07) is 14.2. The molecule has 146 valence electrons. The fourth-order valence-corrected chi connectivity index (χ4v) is 5.59. The van der Waals surface area contributed by atoms with Gasteiger partial charge in [-0.2, -0.15) is 5.10 Å². The predicted molar refractivity (Wildman–Crippen MR) is 120 cm³/mol. The second-order valence-electron chi connectivity index (χ2n) is 8.02. The number of ether oxygens (including phenoxy) is 1. The maximum Gasteiger partial charge on any atom is 0.193 e. The number of aromatic nitrogens is 2. The molecule has 5 rings (SSSR count). The van der Waals surface area contributed by atoms with Gasteiger partial charge in [0.15, 0.2) is 10.7 Å². The van der Waals surface area contributed by atoms with Crippen LogP contribution in [0, 0.1) is 0 Å². The molecule has 0 N–H and O–H groups in total. The summed E-state index contributed by atoms with van der Waals surface area (Å²) in [7, 11) is 4.17. The standard InChI is InChI=1S/C22H25BrN3OS/c1-26(15-8-9-15,16-10-11-16)21-19-6-4-5-18(25(19)24-22(21)28-3)17-12-7-14(23)13-20(17)27-2/h4-7,12-13,15-16H,8-11H2,1-3H3/q+1. The summed E-state index contributed by atoms with van der Waals surface area (Å²) in [5.41, 5.74) is 4.77. The largest absolute Gasteiger partial charge is 0.496 e. The molecule has 2 saturated carbocycles. The van der Waals surface area contributed by atoms with Gasteiger partial charge in [-0.25, -0.2) is 4.52 Å². The number of hydrogen-bond acceptors (Lipinski definition) is 3. The molecule has 0 spiro atoms. The van der Waals surface area contributed by atoms with Gasteiger partial charge in [0.2, 0.25) is 0 Å². The summed E-state index contributed by atoms with van der Waals surface area (Å²) in [5.74, 6) is 0.853. The fraction of sp³-hybridized carbons (Fsp3) is 0.409. The summed E-state index contributed by atoms with van der Waals surface area (Å²) >= 11 is 5.32. The Kier molecular flexibility index (Phi) is 4.49. The van der Waals surface area contributed by atoms with Crippen LogP contribution in [0.25, 0.3) is 16.8 Å². The number of methoxy groups -OCH3 is 1. The van der Waals surface area contributed by atoms with Crippen molar-refractivity contribution in [3.63, 3.8) is 0 Å². The van der Waals surface area contributed by atoms with Crippen LogP contribution in [0.1, 0.15) is 25.7 Å². The zero-order valence-corrected chi connectivity index (χ0v) is 18.9. The summed E-state index contributed by atoms with van der Waals surface area (Å²) in [5, 5.41) is 6.25. The third-order valence-electron chi connectivity index (χ3n) is 6.33. The molecular formula is C22H25BrN3OS+. The Morgan fingerprint density at radius 2 is 1.86 bits per heavy atom. The number of rotatable bonds is 6. The number of nitrogens with zero attached hydrogens (tertiary/aromatic N) is 3. The highest BCUT2D eigenvalue weighted by atomic mass is 79.9. The molecule has 2 heterocycles. The maximum atomic E-state index is 5.68. The van der Waals surface area contributed by atoms with Crippen LogP contribution in [0.3, 0.4) is 0 Å².